The fourth-order valence-corrected chi connectivity index (χ4v) is 4.78. The second-order valence-electron chi connectivity index (χ2n) is 7.76. The van der Waals surface area contributed by atoms with Crippen LogP contribution in [0.3, 0.4) is 0 Å². The Morgan fingerprint density at radius 1 is 0.970 bits per heavy atom. The molecular formula is C25H22Cl2N4OS. The summed E-state index contributed by atoms with van der Waals surface area (Å²) >= 11 is 13.7. The molecule has 4 rings (SSSR count). The zero-order chi connectivity index (χ0) is 23.5. The van der Waals surface area contributed by atoms with E-state index in [1.54, 1.807) is 0 Å². The number of thioether (sulfide) groups is 1. The Balaban J connectivity index is 1.61. The molecule has 4 aromatic rings. The molecule has 0 fully saturated rings. The van der Waals surface area contributed by atoms with Gasteiger partial charge in [-0.25, -0.2) is 0 Å². The summed E-state index contributed by atoms with van der Waals surface area (Å²) in [6.07, 6.45) is 0. The van der Waals surface area contributed by atoms with Gasteiger partial charge in [-0.15, -0.1) is 10.2 Å². The smallest absolute Gasteiger partial charge is 0.234 e. The summed E-state index contributed by atoms with van der Waals surface area (Å²) in [5.41, 5.74) is 5.52. The van der Waals surface area contributed by atoms with E-state index in [0.717, 1.165) is 27.9 Å². The summed E-state index contributed by atoms with van der Waals surface area (Å²) in [7, 11) is 0. The van der Waals surface area contributed by atoms with E-state index >= 15 is 0 Å². The van der Waals surface area contributed by atoms with Crippen LogP contribution in [0.2, 0.25) is 10.0 Å². The summed E-state index contributed by atoms with van der Waals surface area (Å²) in [4.78, 5) is 12.7. The molecule has 8 heteroatoms. The van der Waals surface area contributed by atoms with E-state index in [1.807, 2.05) is 79.9 Å². The number of nitrogens with one attached hydrogen (secondary N) is 1. The molecular weight excluding hydrogens is 475 g/mol. The molecule has 0 radical (unpaired) electrons. The lowest BCUT2D eigenvalue weighted by atomic mass is 10.1. The molecule has 5 nitrogen and oxygen atoms in total. The number of halogens is 2. The van der Waals surface area contributed by atoms with Gasteiger partial charge >= 0.3 is 0 Å². The third-order valence-electron chi connectivity index (χ3n) is 5.02. The van der Waals surface area contributed by atoms with Crippen LogP contribution >= 0.6 is 35.0 Å². The molecule has 168 valence electrons. The topological polar surface area (TPSA) is 59.8 Å². The van der Waals surface area contributed by atoms with E-state index in [1.165, 1.54) is 11.8 Å². The van der Waals surface area contributed by atoms with Gasteiger partial charge < -0.3 is 5.32 Å². The maximum absolute atomic E-state index is 12.7. The molecule has 1 heterocycles. The van der Waals surface area contributed by atoms with Crippen LogP contribution in [-0.4, -0.2) is 26.4 Å². The van der Waals surface area contributed by atoms with E-state index in [0.29, 0.717) is 26.7 Å². The number of anilines is 1. The fraction of sp³-hybridized carbons (Fsp3) is 0.160. The zero-order valence-electron chi connectivity index (χ0n) is 18.4. The highest BCUT2D eigenvalue weighted by Crippen LogP contribution is 2.30. The highest BCUT2D eigenvalue weighted by molar-refractivity contribution is 7.99. The van der Waals surface area contributed by atoms with Crippen molar-refractivity contribution < 1.29 is 4.79 Å². The van der Waals surface area contributed by atoms with Crippen LogP contribution in [0.1, 0.15) is 16.7 Å². The van der Waals surface area contributed by atoms with Gasteiger partial charge in [-0.05, 0) is 68.3 Å². The standard InChI is InChI=1S/C25H22Cl2N4OS/c1-15-5-4-6-18(12-15)24-29-30-25(31(24)20-9-7-19(26)8-10-20)33-14-22(32)28-23-17(3)11-16(2)13-21(23)27/h4-13H,14H2,1-3H3,(H,28,32). The van der Waals surface area contributed by atoms with Crippen molar-refractivity contribution in [1.29, 1.82) is 0 Å². The maximum atomic E-state index is 12.7. The van der Waals surface area contributed by atoms with Gasteiger partial charge in [0.25, 0.3) is 0 Å². The van der Waals surface area contributed by atoms with Crippen molar-refractivity contribution >= 4 is 46.6 Å². The molecule has 0 saturated heterocycles. The number of rotatable bonds is 6. The largest absolute Gasteiger partial charge is 0.324 e. The average Bonchev–Trinajstić information content (AvgIpc) is 3.19. The molecule has 1 N–H and O–H groups in total. The van der Waals surface area contributed by atoms with Crippen LogP contribution in [0.25, 0.3) is 17.1 Å². The lowest BCUT2D eigenvalue weighted by Gasteiger charge is -2.12. The Morgan fingerprint density at radius 2 is 1.73 bits per heavy atom. The number of nitrogens with zero attached hydrogens (tertiary/aromatic N) is 3. The first kappa shape index (κ1) is 23.4. The highest BCUT2D eigenvalue weighted by atomic mass is 35.5. The van der Waals surface area contributed by atoms with Gasteiger partial charge in [0.15, 0.2) is 11.0 Å². The van der Waals surface area contributed by atoms with Crippen molar-refractivity contribution in [3.8, 4) is 17.1 Å². The van der Waals surface area contributed by atoms with Crippen LogP contribution in [0, 0.1) is 20.8 Å². The van der Waals surface area contributed by atoms with E-state index in [-0.39, 0.29) is 11.7 Å². The van der Waals surface area contributed by atoms with E-state index < -0.39 is 0 Å². The Morgan fingerprint density at radius 3 is 2.42 bits per heavy atom. The Kier molecular flexibility index (Phi) is 7.08. The first-order valence-corrected chi connectivity index (χ1v) is 12.0. The molecule has 0 saturated carbocycles. The Labute approximate surface area is 207 Å². The number of aromatic nitrogens is 3. The Bertz CT molecular complexity index is 1300. The molecule has 0 aliphatic carbocycles. The van der Waals surface area contributed by atoms with Crippen molar-refractivity contribution in [2.24, 2.45) is 0 Å². The van der Waals surface area contributed by atoms with Crippen molar-refractivity contribution in [1.82, 2.24) is 14.8 Å². The van der Waals surface area contributed by atoms with Gasteiger partial charge in [-0.3, -0.25) is 9.36 Å². The molecule has 0 atom stereocenters. The molecule has 1 aromatic heterocycles. The van der Waals surface area contributed by atoms with Gasteiger partial charge in [0, 0.05) is 16.3 Å². The molecule has 0 bridgehead atoms. The van der Waals surface area contributed by atoms with Crippen LogP contribution in [-0.2, 0) is 4.79 Å². The number of aryl methyl sites for hydroxylation is 3. The van der Waals surface area contributed by atoms with Crippen LogP contribution in [0.4, 0.5) is 5.69 Å². The van der Waals surface area contributed by atoms with E-state index in [2.05, 4.69) is 21.6 Å². The minimum Gasteiger partial charge on any atom is -0.324 e. The van der Waals surface area contributed by atoms with Gasteiger partial charge in [-0.2, -0.15) is 0 Å². The van der Waals surface area contributed by atoms with Gasteiger partial charge in [0.1, 0.15) is 0 Å². The number of hydrogen-bond donors (Lipinski definition) is 1. The molecule has 0 spiro atoms. The number of amides is 1. The van der Waals surface area contributed by atoms with Crippen molar-refractivity contribution in [2.75, 3.05) is 11.1 Å². The molecule has 0 unspecified atom stereocenters. The monoisotopic (exact) mass is 496 g/mol. The zero-order valence-corrected chi connectivity index (χ0v) is 20.7. The quantitative estimate of drug-likeness (QED) is 0.295. The predicted octanol–water partition coefficient (Wildman–Crippen LogP) is 6.90. The predicted molar refractivity (Wildman–Crippen MR) is 137 cm³/mol. The van der Waals surface area contributed by atoms with Crippen molar-refractivity contribution in [2.45, 2.75) is 25.9 Å². The van der Waals surface area contributed by atoms with E-state index in [4.69, 9.17) is 23.2 Å². The molecule has 0 aliphatic heterocycles. The second-order valence-corrected chi connectivity index (χ2v) is 9.55. The Hall–Kier alpha value is -2.80. The minimum absolute atomic E-state index is 0.156. The van der Waals surface area contributed by atoms with Gasteiger partial charge in [-0.1, -0.05) is 64.8 Å². The number of hydrogen-bond acceptors (Lipinski definition) is 4. The molecule has 0 aliphatic rings. The third-order valence-corrected chi connectivity index (χ3v) is 6.50. The van der Waals surface area contributed by atoms with Crippen LogP contribution in [0.5, 0.6) is 0 Å². The number of benzene rings is 3. The van der Waals surface area contributed by atoms with Crippen LogP contribution in [0.15, 0.2) is 65.8 Å². The van der Waals surface area contributed by atoms with Crippen LogP contribution < -0.4 is 5.32 Å². The summed E-state index contributed by atoms with van der Waals surface area (Å²) in [6, 6.07) is 19.3. The highest BCUT2D eigenvalue weighted by Gasteiger charge is 2.18. The molecule has 1 amide bonds. The molecule has 3 aromatic carbocycles. The fourth-order valence-electron chi connectivity index (χ4n) is 3.54. The van der Waals surface area contributed by atoms with Gasteiger partial charge in [0.05, 0.1) is 16.5 Å². The summed E-state index contributed by atoms with van der Waals surface area (Å²) < 4.78 is 1.94. The number of carbonyl (C=O) groups excluding carboxylic acids is 1. The van der Waals surface area contributed by atoms with E-state index in [9.17, 15) is 4.79 Å². The minimum atomic E-state index is -0.170. The normalized spacial score (nSPS) is 10.9. The van der Waals surface area contributed by atoms with Crippen molar-refractivity contribution in [3.63, 3.8) is 0 Å². The summed E-state index contributed by atoms with van der Waals surface area (Å²) in [5, 5.41) is 13.5. The molecule has 33 heavy (non-hydrogen) atoms. The third kappa shape index (κ3) is 5.41. The summed E-state index contributed by atoms with van der Waals surface area (Å²) in [6.45, 7) is 5.92. The average molecular weight is 497 g/mol. The maximum Gasteiger partial charge on any atom is 0.234 e. The first-order valence-electron chi connectivity index (χ1n) is 10.3. The van der Waals surface area contributed by atoms with Crippen molar-refractivity contribution in [3.05, 3.63) is 87.4 Å². The van der Waals surface area contributed by atoms with Gasteiger partial charge in [0.2, 0.25) is 5.91 Å². The lowest BCUT2D eigenvalue weighted by Crippen LogP contribution is -2.16. The summed E-state index contributed by atoms with van der Waals surface area (Å²) in [5.74, 6) is 0.682. The SMILES string of the molecule is Cc1cccc(-c2nnc(SCC(=O)Nc3c(C)cc(C)cc3Cl)n2-c2ccc(Cl)cc2)c1. The lowest BCUT2D eigenvalue weighted by molar-refractivity contribution is -0.113. The first-order chi connectivity index (χ1) is 15.8. The second kappa shape index (κ2) is 10.00. The number of carbonyl (C=O) groups is 1.